The van der Waals surface area contributed by atoms with Gasteiger partial charge < -0.3 is 5.32 Å². The second-order valence-electron chi connectivity index (χ2n) is 1.73. The van der Waals surface area contributed by atoms with E-state index < -0.39 is 0 Å². The van der Waals surface area contributed by atoms with Gasteiger partial charge in [-0.15, -0.1) is 13.1 Å². The largest absolute Gasteiger partial charge is 0.662 e. The molecule has 0 aromatic heterocycles. The summed E-state index contributed by atoms with van der Waals surface area (Å²) in [5.74, 6) is 0. The van der Waals surface area contributed by atoms with Crippen LogP contribution in [0.25, 0.3) is 5.32 Å². The van der Waals surface area contributed by atoms with E-state index in [9.17, 15) is 0 Å². The summed E-state index contributed by atoms with van der Waals surface area (Å²) in [5, 5.41) is 4.18. The van der Waals surface area contributed by atoms with Crippen LogP contribution >= 0.6 is 0 Å². The molecule has 1 rings (SSSR count). The average molecular weight is 177 g/mol. The molecule has 0 N–H and O–H groups in total. The van der Waals surface area contributed by atoms with Gasteiger partial charge in [-0.1, -0.05) is 19.3 Å². The standard InChI is InChI=1S/C5H10N.Nb/c1-2-4-6-5-3-1;/h1-5H2;/q-1;. The summed E-state index contributed by atoms with van der Waals surface area (Å²) >= 11 is 0. The van der Waals surface area contributed by atoms with Crippen molar-refractivity contribution in [3.63, 3.8) is 0 Å². The topological polar surface area (TPSA) is 14.1 Å². The molecular weight excluding hydrogens is 167 g/mol. The van der Waals surface area contributed by atoms with Crippen LogP contribution in [0.3, 0.4) is 0 Å². The van der Waals surface area contributed by atoms with E-state index >= 15 is 0 Å². The first kappa shape index (κ1) is 7.70. The molecule has 0 aliphatic carbocycles. The van der Waals surface area contributed by atoms with Gasteiger partial charge in [-0.3, -0.25) is 0 Å². The zero-order valence-corrected chi connectivity index (χ0v) is 6.63. The summed E-state index contributed by atoms with van der Waals surface area (Å²) < 4.78 is 0. The fraction of sp³-hybridized carbons (Fsp3) is 1.00. The molecule has 0 unspecified atom stereocenters. The molecule has 0 bridgehead atoms. The molecule has 1 aliphatic heterocycles. The van der Waals surface area contributed by atoms with E-state index in [1.54, 1.807) is 0 Å². The Morgan fingerprint density at radius 2 is 1.43 bits per heavy atom. The quantitative estimate of drug-likeness (QED) is 0.498. The van der Waals surface area contributed by atoms with Crippen molar-refractivity contribution in [1.82, 2.24) is 0 Å². The Bertz CT molecular complexity index is 23.6. The predicted molar refractivity (Wildman–Crippen MR) is 26.9 cm³/mol. The Hall–Kier alpha value is 0.700. The van der Waals surface area contributed by atoms with Gasteiger partial charge in [0.2, 0.25) is 0 Å². The van der Waals surface area contributed by atoms with Crippen LogP contribution in [-0.2, 0) is 22.4 Å². The van der Waals surface area contributed by atoms with E-state index in [1.807, 2.05) is 0 Å². The summed E-state index contributed by atoms with van der Waals surface area (Å²) in [4.78, 5) is 0. The van der Waals surface area contributed by atoms with Crippen molar-refractivity contribution in [2.75, 3.05) is 13.1 Å². The molecule has 1 saturated heterocycles. The van der Waals surface area contributed by atoms with Crippen molar-refractivity contribution in [2.45, 2.75) is 19.3 Å². The fourth-order valence-electron chi connectivity index (χ4n) is 0.736. The summed E-state index contributed by atoms with van der Waals surface area (Å²) in [7, 11) is 0. The second kappa shape index (κ2) is 4.85. The van der Waals surface area contributed by atoms with Gasteiger partial charge in [-0.25, -0.2) is 0 Å². The van der Waals surface area contributed by atoms with Crippen LogP contribution in [-0.4, -0.2) is 13.1 Å². The predicted octanol–water partition coefficient (Wildman–Crippen LogP) is 1.54. The number of piperidine rings is 1. The zero-order chi connectivity index (χ0) is 4.24. The van der Waals surface area contributed by atoms with Crippen LogP contribution in [0.1, 0.15) is 19.3 Å². The minimum atomic E-state index is 0. The van der Waals surface area contributed by atoms with Gasteiger partial charge in [0.15, 0.2) is 0 Å². The Labute approximate surface area is 60.4 Å². The van der Waals surface area contributed by atoms with Gasteiger partial charge in [0, 0.05) is 22.4 Å². The normalized spacial score (nSPS) is 20.6. The maximum Gasteiger partial charge on any atom is 0 e. The molecule has 7 heavy (non-hydrogen) atoms. The van der Waals surface area contributed by atoms with E-state index in [0.717, 1.165) is 13.1 Å². The first-order valence-corrected chi connectivity index (χ1v) is 2.63. The molecule has 0 aromatic carbocycles. The van der Waals surface area contributed by atoms with Crippen molar-refractivity contribution in [1.29, 1.82) is 0 Å². The third kappa shape index (κ3) is 3.30. The summed E-state index contributed by atoms with van der Waals surface area (Å²) in [6.07, 6.45) is 4.07. The summed E-state index contributed by atoms with van der Waals surface area (Å²) in [6, 6.07) is 0. The van der Waals surface area contributed by atoms with Crippen LogP contribution < -0.4 is 0 Å². The first-order chi connectivity index (χ1) is 3.00. The zero-order valence-electron chi connectivity index (χ0n) is 4.43. The first-order valence-electron chi connectivity index (χ1n) is 2.63. The molecule has 0 atom stereocenters. The summed E-state index contributed by atoms with van der Waals surface area (Å²) in [5.41, 5.74) is 0. The van der Waals surface area contributed by atoms with E-state index in [0.29, 0.717) is 0 Å². The Balaban J connectivity index is 0.000000360. The van der Waals surface area contributed by atoms with Crippen LogP contribution in [0, 0.1) is 0 Å². The van der Waals surface area contributed by atoms with Crippen molar-refractivity contribution >= 4 is 0 Å². The van der Waals surface area contributed by atoms with Gasteiger partial charge in [-0.05, 0) is 0 Å². The molecule has 0 aromatic rings. The minimum absolute atomic E-state index is 0. The third-order valence-electron chi connectivity index (χ3n) is 1.13. The maximum absolute atomic E-state index is 4.18. The summed E-state index contributed by atoms with van der Waals surface area (Å²) in [6.45, 7) is 2.25. The van der Waals surface area contributed by atoms with Gasteiger partial charge in [0.05, 0.1) is 0 Å². The fourth-order valence-corrected chi connectivity index (χ4v) is 0.736. The second-order valence-corrected chi connectivity index (χ2v) is 1.73. The molecule has 2 heteroatoms. The Kier molecular flexibility index (Phi) is 5.33. The Morgan fingerprint density at radius 3 is 1.57 bits per heavy atom. The molecule has 1 fully saturated rings. The molecular formula is C5H10NNb-. The van der Waals surface area contributed by atoms with Gasteiger partial charge in [0.25, 0.3) is 0 Å². The molecule has 1 heterocycles. The smallest absolute Gasteiger partial charge is 0 e. The monoisotopic (exact) mass is 177 g/mol. The van der Waals surface area contributed by atoms with Crippen LogP contribution in [0.5, 0.6) is 0 Å². The maximum atomic E-state index is 4.18. The molecule has 1 aliphatic rings. The van der Waals surface area contributed by atoms with Crippen molar-refractivity contribution in [2.24, 2.45) is 0 Å². The SMILES string of the molecule is C1CC[N-]CC1.[Nb]. The molecule has 41 valence electrons. The molecule has 0 saturated carbocycles. The van der Waals surface area contributed by atoms with E-state index in [4.69, 9.17) is 0 Å². The number of hydrogen-bond donors (Lipinski definition) is 0. The van der Waals surface area contributed by atoms with Gasteiger partial charge in [0.1, 0.15) is 0 Å². The van der Waals surface area contributed by atoms with Crippen molar-refractivity contribution in [3.8, 4) is 0 Å². The van der Waals surface area contributed by atoms with Gasteiger partial charge >= 0.3 is 0 Å². The van der Waals surface area contributed by atoms with Gasteiger partial charge in [-0.2, -0.15) is 0 Å². The average Bonchev–Trinajstić information content (AvgIpc) is 1.72. The minimum Gasteiger partial charge on any atom is -0.662 e. The number of nitrogens with zero attached hydrogens (tertiary/aromatic N) is 1. The number of hydrogen-bond acceptors (Lipinski definition) is 0. The molecule has 1 radical (unpaired) electrons. The van der Waals surface area contributed by atoms with E-state index in [1.165, 1.54) is 19.3 Å². The van der Waals surface area contributed by atoms with Crippen molar-refractivity contribution < 1.29 is 22.4 Å². The van der Waals surface area contributed by atoms with E-state index in [-0.39, 0.29) is 22.4 Å². The molecule has 0 spiro atoms. The molecule has 1 nitrogen and oxygen atoms in total. The van der Waals surface area contributed by atoms with Crippen molar-refractivity contribution in [3.05, 3.63) is 5.32 Å². The van der Waals surface area contributed by atoms with Crippen LogP contribution in [0.2, 0.25) is 0 Å². The van der Waals surface area contributed by atoms with Crippen LogP contribution in [0.4, 0.5) is 0 Å². The molecule has 0 amide bonds. The van der Waals surface area contributed by atoms with Crippen LogP contribution in [0.15, 0.2) is 0 Å². The Morgan fingerprint density at radius 1 is 0.857 bits per heavy atom. The number of rotatable bonds is 0. The van der Waals surface area contributed by atoms with E-state index in [2.05, 4.69) is 5.32 Å². The third-order valence-corrected chi connectivity index (χ3v) is 1.13.